The molecule has 0 amide bonds. The number of methoxy groups -OCH3 is 2. The monoisotopic (exact) mass is 186 g/mol. The first-order valence-electron chi connectivity index (χ1n) is 3.57. The van der Waals surface area contributed by atoms with E-state index < -0.39 is 0 Å². The largest absolute Gasteiger partial charge is 0.493 e. The Balaban J connectivity index is 3.25. The van der Waals surface area contributed by atoms with Crippen molar-refractivity contribution < 1.29 is 9.47 Å². The van der Waals surface area contributed by atoms with Crippen molar-refractivity contribution in [3.63, 3.8) is 0 Å². The lowest BCUT2D eigenvalue weighted by molar-refractivity contribution is 0.353. The third-order valence-electron chi connectivity index (χ3n) is 1.73. The molecule has 1 rings (SSSR count). The van der Waals surface area contributed by atoms with Crippen LogP contribution in [0, 0.1) is 6.92 Å². The van der Waals surface area contributed by atoms with Crippen LogP contribution in [0.4, 0.5) is 0 Å². The molecule has 0 saturated carbocycles. The molecule has 0 fully saturated rings. The van der Waals surface area contributed by atoms with Crippen LogP contribution in [0.25, 0.3) is 0 Å². The van der Waals surface area contributed by atoms with E-state index in [4.69, 9.17) is 21.1 Å². The molecule has 0 aliphatic heterocycles. The summed E-state index contributed by atoms with van der Waals surface area (Å²) < 4.78 is 10.2. The first-order valence-corrected chi connectivity index (χ1v) is 3.95. The van der Waals surface area contributed by atoms with E-state index in [1.807, 2.05) is 6.92 Å². The summed E-state index contributed by atoms with van der Waals surface area (Å²) in [6.45, 7) is 1.89. The summed E-state index contributed by atoms with van der Waals surface area (Å²) in [5.41, 5.74) is 0.901. The zero-order chi connectivity index (χ0) is 9.14. The van der Waals surface area contributed by atoms with E-state index in [0.29, 0.717) is 16.5 Å². The number of hydrogen-bond acceptors (Lipinski definition) is 2. The number of benzene rings is 1. The minimum absolute atomic E-state index is 0.688. The quantitative estimate of drug-likeness (QED) is 0.707. The van der Waals surface area contributed by atoms with Crippen molar-refractivity contribution in [2.75, 3.05) is 14.2 Å². The van der Waals surface area contributed by atoms with Crippen LogP contribution < -0.4 is 9.47 Å². The molecule has 2 nitrogen and oxygen atoms in total. The van der Waals surface area contributed by atoms with Gasteiger partial charge < -0.3 is 9.47 Å². The van der Waals surface area contributed by atoms with Gasteiger partial charge in [-0.15, -0.1) is 0 Å². The van der Waals surface area contributed by atoms with E-state index in [9.17, 15) is 0 Å². The number of halogens is 1. The maximum atomic E-state index is 5.89. The molecular weight excluding hydrogens is 176 g/mol. The van der Waals surface area contributed by atoms with Crippen LogP contribution in [0.5, 0.6) is 11.5 Å². The fourth-order valence-corrected chi connectivity index (χ4v) is 1.21. The van der Waals surface area contributed by atoms with Crippen molar-refractivity contribution in [1.29, 1.82) is 0 Å². The van der Waals surface area contributed by atoms with Crippen LogP contribution in [-0.4, -0.2) is 14.2 Å². The highest BCUT2D eigenvalue weighted by Gasteiger charge is 2.08. The van der Waals surface area contributed by atoms with E-state index in [2.05, 4.69) is 0 Å². The van der Waals surface area contributed by atoms with E-state index in [0.717, 1.165) is 5.56 Å². The normalized spacial score (nSPS) is 9.67. The summed E-state index contributed by atoms with van der Waals surface area (Å²) in [6, 6.07) is 3.58. The maximum absolute atomic E-state index is 5.89. The summed E-state index contributed by atoms with van der Waals surface area (Å²) >= 11 is 5.89. The van der Waals surface area contributed by atoms with Gasteiger partial charge in [0, 0.05) is 10.6 Å². The van der Waals surface area contributed by atoms with E-state index in [1.165, 1.54) is 0 Å². The third-order valence-corrected chi connectivity index (χ3v) is 2.14. The number of rotatable bonds is 2. The summed E-state index contributed by atoms with van der Waals surface area (Å²) in [5, 5.41) is 0.688. The van der Waals surface area contributed by atoms with Crippen LogP contribution in [0.3, 0.4) is 0 Å². The Bertz CT molecular complexity index is 284. The summed E-state index contributed by atoms with van der Waals surface area (Å²) in [6.07, 6.45) is 0. The Kier molecular flexibility index (Phi) is 2.82. The van der Waals surface area contributed by atoms with Gasteiger partial charge in [-0.3, -0.25) is 0 Å². The molecule has 1 aromatic rings. The Morgan fingerprint density at radius 3 is 2.33 bits per heavy atom. The second-order valence-corrected chi connectivity index (χ2v) is 2.82. The van der Waals surface area contributed by atoms with Crippen LogP contribution in [0.15, 0.2) is 12.1 Å². The molecule has 0 atom stereocenters. The van der Waals surface area contributed by atoms with E-state index >= 15 is 0 Å². The summed E-state index contributed by atoms with van der Waals surface area (Å²) in [7, 11) is 3.20. The topological polar surface area (TPSA) is 18.5 Å². The van der Waals surface area contributed by atoms with Crippen molar-refractivity contribution in [3.8, 4) is 11.5 Å². The molecule has 0 aliphatic rings. The summed E-state index contributed by atoms with van der Waals surface area (Å²) in [4.78, 5) is 0. The number of hydrogen-bond donors (Lipinski definition) is 0. The molecule has 0 aliphatic carbocycles. The van der Waals surface area contributed by atoms with E-state index in [1.54, 1.807) is 26.4 Å². The summed E-state index contributed by atoms with van der Waals surface area (Å²) in [5.74, 6) is 1.41. The Labute approximate surface area is 77.1 Å². The standard InChI is InChI=1S/C9H11ClO2/c1-6-7(10)4-5-8(11-2)9(6)12-3/h4-5H,1-3H3. The predicted molar refractivity (Wildman–Crippen MR) is 49.3 cm³/mol. The minimum Gasteiger partial charge on any atom is -0.493 e. The van der Waals surface area contributed by atoms with E-state index in [-0.39, 0.29) is 0 Å². The first kappa shape index (κ1) is 9.20. The van der Waals surface area contributed by atoms with Gasteiger partial charge in [-0.2, -0.15) is 0 Å². The highest BCUT2D eigenvalue weighted by Crippen LogP contribution is 2.34. The highest BCUT2D eigenvalue weighted by molar-refractivity contribution is 6.31. The van der Waals surface area contributed by atoms with Crippen molar-refractivity contribution in [2.45, 2.75) is 6.92 Å². The SMILES string of the molecule is COc1ccc(Cl)c(C)c1OC. The van der Waals surface area contributed by atoms with Crippen LogP contribution in [0.2, 0.25) is 5.02 Å². The Morgan fingerprint density at radius 1 is 1.17 bits per heavy atom. The van der Waals surface area contributed by atoms with Crippen LogP contribution in [0.1, 0.15) is 5.56 Å². The third kappa shape index (κ3) is 1.48. The fourth-order valence-electron chi connectivity index (χ4n) is 1.06. The van der Waals surface area contributed by atoms with Crippen molar-refractivity contribution >= 4 is 11.6 Å². The van der Waals surface area contributed by atoms with Crippen LogP contribution >= 0.6 is 11.6 Å². The average Bonchev–Trinajstić information content (AvgIpc) is 2.09. The molecule has 0 aromatic heterocycles. The lowest BCUT2D eigenvalue weighted by Gasteiger charge is -2.10. The maximum Gasteiger partial charge on any atom is 0.165 e. The zero-order valence-corrected chi connectivity index (χ0v) is 8.11. The minimum atomic E-state index is 0.688. The first-order chi connectivity index (χ1) is 5.70. The van der Waals surface area contributed by atoms with Gasteiger partial charge in [0.2, 0.25) is 0 Å². The molecule has 0 heterocycles. The van der Waals surface area contributed by atoms with Gasteiger partial charge in [0.05, 0.1) is 14.2 Å². The molecule has 12 heavy (non-hydrogen) atoms. The molecule has 0 radical (unpaired) electrons. The molecular formula is C9H11ClO2. The molecule has 0 N–H and O–H groups in total. The van der Waals surface area contributed by atoms with Gasteiger partial charge >= 0.3 is 0 Å². The lowest BCUT2D eigenvalue weighted by Crippen LogP contribution is -1.93. The molecule has 3 heteroatoms. The van der Waals surface area contributed by atoms with Gasteiger partial charge in [0.15, 0.2) is 11.5 Å². The smallest absolute Gasteiger partial charge is 0.165 e. The lowest BCUT2D eigenvalue weighted by atomic mass is 10.2. The van der Waals surface area contributed by atoms with Crippen molar-refractivity contribution in [2.24, 2.45) is 0 Å². The zero-order valence-electron chi connectivity index (χ0n) is 7.35. The van der Waals surface area contributed by atoms with Gasteiger partial charge in [-0.05, 0) is 19.1 Å². The fraction of sp³-hybridized carbons (Fsp3) is 0.333. The molecule has 0 saturated heterocycles. The van der Waals surface area contributed by atoms with Crippen molar-refractivity contribution in [1.82, 2.24) is 0 Å². The molecule has 1 aromatic carbocycles. The molecule has 0 spiro atoms. The molecule has 0 bridgehead atoms. The second-order valence-electron chi connectivity index (χ2n) is 2.41. The van der Waals surface area contributed by atoms with Gasteiger partial charge in [0.25, 0.3) is 0 Å². The van der Waals surface area contributed by atoms with Gasteiger partial charge in [-0.1, -0.05) is 11.6 Å². The highest BCUT2D eigenvalue weighted by atomic mass is 35.5. The second kappa shape index (κ2) is 3.68. The predicted octanol–water partition coefficient (Wildman–Crippen LogP) is 2.67. The van der Waals surface area contributed by atoms with Gasteiger partial charge in [0.1, 0.15) is 0 Å². The Morgan fingerprint density at radius 2 is 1.83 bits per heavy atom. The molecule has 66 valence electrons. The number of ether oxygens (including phenoxy) is 2. The van der Waals surface area contributed by atoms with Crippen molar-refractivity contribution in [3.05, 3.63) is 22.7 Å². The molecule has 0 unspecified atom stereocenters. The Hall–Kier alpha value is -0.890. The van der Waals surface area contributed by atoms with Gasteiger partial charge in [-0.25, -0.2) is 0 Å². The average molecular weight is 187 g/mol. The van der Waals surface area contributed by atoms with Crippen LogP contribution in [-0.2, 0) is 0 Å².